The maximum absolute atomic E-state index is 13.7. The minimum Gasteiger partial charge on any atom is -0.493 e. The Bertz CT molecular complexity index is 927. The zero-order valence-corrected chi connectivity index (χ0v) is 15.8. The summed E-state index contributed by atoms with van der Waals surface area (Å²) in [7, 11) is 4.65. The van der Waals surface area contributed by atoms with Crippen LogP contribution in [0.1, 0.15) is 5.56 Å². The molecule has 2 aromatic carbocycles. The summed E-state index contributed by atoms with van der Waals surface area (Å²) in [5.74, 6) is 2.41. The third-order valence-electron chi connectivity index (χ3n) is 4.02. The number of aromatic nitrogens is 2. The van der Waals surface area contributed by atoms with E-state index in [-0.39, 0.29) is 5.82 Å². The molecule has 0 bridgehead atoms. The van der Waals surface area contributed by atoms with Crippen molar-refractivity contribution in [3.63, 3.8) is 0 Å². The molecule has 0 aliphatic carbocycles. The second kappa shape index (κ2) is 8.90. The Morgan fingerprint density at radius 3 is 2.21 bits per heavy atom. The van der Waals surface area contributed by atoms with Gasteiger partial charge in [0, 0.05) is 36.0 Å². The van der Waals surface area contributed by atoms with Gasteiger partial charge in [0.25, 0.3) is 0 Å². The molecular formula is C20H21FN4O3. The number of hydrogen-bond acceptors (Lipinski definition) is 7. The number of nitrogens with one attached hydrogen (secondary N) is 2. The first-order valence-corrected chi connectivity index (χ1v) is 8.51. The van der Waals surface area contributed by atoms with Crippen LogP contribution in [0.5, 0.6) is 17.2 Å². The van der Waals surface area contributed by atoms with Crippen molar-refractivity contribution in [2.24, 2.45) is 0 Å². The van der Waals surface area contributed by atoms with Gasteiger partial charge in [0.1, 0.15) is 23.8 Å². The van der Waals surface area contributed by atoms with Crippen LogP contribution in [0.25, 0.3) is 0 Å². The molecular weight excluding hydrogens is 363 g/mol. The highest BCUT2D eigenvalue weighted by molar-refractivity contribution is 5.67. The Morgan fingerprint density at radius 1 is 0.893 bits per heavy atom. The lowest BCUT2D eigenvalue weighted by Gasteiger charge is -2.15. The lowest BCUT2D eigenvalue weighted by molar-refractivity contribution is 0.324. The highest BCUT2D eigenvalue weighted by Crippen LogP contribution is 2.40. The fourth-order valence-corrected chi connectivity index (χ4v) is 2.65. The van der Waals surface area contributed by atoms with E-state index in [0.29, 0.717) is 46.7 Å². The highest BCUT2D eigenvalue weighted by atomic mass is 19.1. The zero-order chi connectivity index (χ0) is 19.9. The first-order valence-electron chi connectivity index (χ1n) is 8.51. The third-order valence-corrected chi connectivity index (χ3v) is 4.02. The Kier molecular flexibility index (Phi) is 6.11. The average molecular weight is 384 g/mol. The van der Waals surface area contributed by atoms with Crippen LogP contribution in [0.15, 0.2) is 48.8 Å². The van der Waals surface area contributed by atoms with Crippen molar-refractivity contribution in [3.8, 4) is 17.2 Å². The molecule has 3 rings (SSSR count). The van der Waals surface area contributed by atoms with Crippen LogP contribution < -0.4 is 24.8 Å². The van der Waals surface area contributed by atoms with E-state index in [9.17, 15) is 4.39 Å². The molecule has 0 saturated carbocycles. The normalized spacial score (nSPS) is 10.3. The van der Waals surface area contributed by atoms with Gasteiger partial charge in [-0.15, -0.1) is 0 Å². The molecule has 28 heavy (non-hydrogen) atoms. The van der Waals surface area contributed by atoms with Gasteiger partial charge in [0.2, 0.25) is 5.75 Å². The van der Waals surface area contributed by atoms with Gasteiger partial charge in [-0.3, -0.25) is 0 Å². The van der Waals surface area contributed by atoms with Crippen LogP contribution in [0.4, 0.5) is 21.7 Å². The maximum Gasteiger partial charge on any atom is 0.203 e. The molecule has 0 aliphatic heterocycles. The Labute approximate surface area is 162 Å². The molecule has 0 unspecified atom stereocenters. The molecule has 0 atom stereocenters. The van der Waals surface area contributed by atoms with Crippen LogP contribution in [0.2, 0.25) is 0 Å². The van der Waals surface area contributed by atoms with Crippen LogP contribution in [0, 0.1) is 5.82 Å². The first kappa shape index (κ1) is 19.2. The second-order valence-electron chi connectivity index (χ2n) is 5.77. The summed E-state index contributed by atoms with van der Waals surface area (Å²) >= 11 is 0. The van der Waals surface area contributed by atoms with Crippen molar-refractivity contribution in [1.82, 2.24) is 9.97 Å². The number of rotatable bonds is 8. The number of halogens is 1. The van der Waals surface area contributed by atoms with Crippen molar-refractivity contribution >= 4 is 17.3 Å². The lowest BCUT2D eigenvalue weighted by Crippen LogP contribution is -2.04. The summed E-state index contributed by atoms with van der Waals surface area (Å²) in [5, 5.41) is 6.26. The summed E-state index contributed by atoms with van der Waals surface area (Å²) in [6.07, 6.45) is 1.42. The molecule has 0 spiro atoms. The topological polar surface area (TPSA) is 77.5 Å². The van der Waals surface area contributed by atoms with Gasteiger partial charge >= 0.3 is 0 Å². The van der Waals surface area contributed by atoms with E-state index in [1.165, 1.54) is 12.4 Å². The SMILES string of the molecule is COc1cc(Nc2cc(NCc3ccccc3F)ncn2)cc(OC)c1OC. The number of nitrogens with zero attached hydrogens (tertiary/aromatic N) is 2. The Morgan fingerprint density at radius 2 is 1.57 bits per heavy atom. The van der Waals surface area contributed by atoms with Crippen molar-refractivity contribution in [2.75, 3.05) is 32.0 Å². The van der Waals surface area contributed by atoms with Crippen LogP contribution in [-0.2, 0) is 6.54 Å². The van der Waals surface area contributed by atoms with E-state index in [4.69, 9.17) is 14.2 Å². The zero-order valence-electron chi connectivity index (χ0n) is 15.8. The Hall–Kier alpha value is -3.55. The van der Waals surface area contributed by atoms with Gasteiger partial charge < -0.3 is 24.8 Å². The molecule has 146 valence electrons. The fraction of sp³-hybridized carbons (Fsp3) is 0.200. The molecule has 0 radical (unpaired) electrons. The molecule has 0 saturated heterocycles. The first-order chi connectivity index (χ1) is 13.6. The average Bonchev–Trinajstić information content (AvgIpc) is 2.72. The molecule has 8 heteroatoms. The molecule has 0 fully saturated rings. The van der Waals surface area contributed by atoms with E-state index in [0.717, 1.165) is 0 Å². The summed E-state index contributed by atoms with van der Waals surface area (Å²) in [6.45, 7) is 0.313. The highest BCUT2D eigenvalue weighted by Gasteiger charge is 2.13. The van der Waals surface area contributed by atoms with E-state index in [1.54, 1.807) is 57.7 Å². The number of benzene rings is 2. The second-order valence-corrected chi connectivity index (χ2v) is 5.77. The number of anilines is 3. The standard InChI is InChI=1S/C20H21FN4O3/c1-26-16-8-14(9-17(27-2)20(16)28-3)25-19-10-18(23-12-24-19)22-11-13-6-4-5-7-15(13)21/h4-10,12H,11H2,1-3H3,(H2,22,23,24,25). The van der Waals surface area contributed by atoms with E-state index < -0.39 is 0 Å². The molecule has 1 heterocycles. The quantitative estimate of drug-likeness (QED) is 0.608. The third kappa shape index (κ3) is 4.40. The van der Waals surface area contributed by atoms with E-state index in [1.807, 2.05) is 0 Å². The predicted octanol–water partition coefficient (Wildman–Crippen LogP) is 4.00. The summed E-state index contributed by atoms with van der Waals surface area (Å²) in [4.78, 5) is 8.38. The van der Waals surface area contributed by atoms with E-state index in [2.05, 4.69) is 20.6 Å². The number of ether oxygens (including phenoxy) is 3. The van der Waals surface area contributed by atoms with Crippen LogP contribution in [0.3, 0.4) is 0 Å². The van der Waals surface area contributed by atoms with Crippen molar-refractivity contribution < 1.29 is 18.6 Å². The van der Waals surface area contributed by atoms with Crippen molar-refractivity contribution in [3.05, 3.63) is 60.2 Å². The van der Waals surface area contributed by atoms with Crippen LogP contribution in [-0.4, -0.2) is 31.3 Å². The van der Waals surface area contributed by atoms with Crippen molar-refractivity contribution in [2.45, 2.75) is 6.54 Å². The largest absolute Gasteiger partial charge is 0.493 e. The van der Waals surface area contributed by atoms with Gasteiger partial charge in [-0.05, 0) is 6.07 Å². The summed E-state index contributed by atoms with van der Waals surface area (Å²) in [5.41, 5.74) is 1.26. The summed E-state index contributed by atoms with van der Waals surface area (Å²) < 4.78 is 29.8. The lowest BCUT2D eigenvalue weighted by atomic mass is 10.2. The predicted molar refractivity (Wildman–Crippen MR) is 105 cm³/mol. The van der Waals surface area contributed by atoms with Gasteiger partial charge in [-0.25, -0.2) is 14.4 Å². The van der Waals surface area contributed by atoms with Gasteiger partial charge in [-0.2, -0.15) is 0 Å². The van der Waals surface area contributed by atoms with Crippen LogP contribution >= 0.6 is 0 Å². The number of methoxy groups -OCH3 is 3. The Balaban J connectivity index is 1.77. The van der Waals surface area contributed by atoms with Gasteiger partial charge in [0.05, 0.1) is 21.3 Å². The molecule has 3 aromatic rings. The smallest absolute Gasteiger partial charge is 0.203 e. The summed E-state index contributed by atoms with van der Waals surface area (Å²) in [6, 6.07) is 11.9. The fourth-order valence-electron chi connectivity index (χ4n) is 2.65. The maximum atomic E-state index is 13.7. The molecule has 7 nitrogen and oxygen atoms in total. The molecule has 0 aliphatic rings. The van der Waals surface area contributed by atoms with E-state index >= 15 is 0 Å². The van der Waals surface area contributed by atoms with Crippen molar-refractivity contribution in [1.29, 1.82) is 0 Å². The molecule has 0 amide bonds. The molecule has 1 aromatic heterocycles. The van der Waals surface area contributed by atoms with Gasteiger partial charge in [0.15, 0.2) is 11.5 Å². The number of hydrogen-bond donors (Lipinski definition) is 2. The monoisotopic (exact) mass is 384 g/mol. The minimum atomic E-state index is -0.264. The minimum absolute atomic E-state index is 0.264. The van der Waals surface area contributed by atoms with Gasteiger partial charge in [-0.1, -0.05) is 18.2 Å². The molecule has 2 N–H and O–H groups in total.